The average Bonchev–Trinajstić information content (AvgIpc) is 2.40. The molecule has 1 unspecified atom stereocenters. The van der Waals surface area contributed by atoms with Crippen molar-refractivity contribution in [1.29, 1.82) is 0 Å². The van der Waals surface area contributed by atoms with Crippen molar-refractivity contribution in [3.8, 4) is 0 Å². The molecule has 1 N–H and O–H groups in total. The summed E-state index contributed by atoms with van der Waals surface area (Å²) in [5, 5.41) is 25.6. The summed E-state index contributed by atoms with van der Waals surface area (Å²) in [6.45, 7) is 18.1. The molecule has 26 heavy (non-hydrogen) atoms. The number of hydrogen-bond acceptors (Lipinski definition) is 5. The summed E-state index contributed by atoms with van der Waals surface area (Å²) in [4.78, 5) is 0. The van der Waals surface area contributed by atoms with Crippen molar-refractivity contribution in [2.75, 3.05) is 6.66 Å². The lowest BCUT2D eigenvalue weighted by Crippen LogP contribution is -2.60. The maximum Gasteiger partial charge on any atom is 0.167 e. The second kappa shape index (κ2) is 7.22. The lowest BCUT2D eigenvalue weighted by atomic mass is 9.80. The van der Waals surface area contributed by atoms with E-state index in [0.717, 1.165) is 12.8 Å². The third-order valence-electron chi connectivity index (χ3n) is 5.75. The van der Waals surface area contributed by atoms with Gasteiger partial charge in [0.15, 0.2) is 8.38 Å². The van der Waals surface area contributed by atoms with Crippen LogP contribution in [0.25, 0.3) is 0 Å². The molecule has 0 amide bonds. The zero-order valence-corrected chi connectivity index (χ0v) is 18.9. The van der Waals surface area contributed by atoms with Gasteiger partial charge in [-0.15, -0.1) is 10.3 Å². The van der Waals surface area contributed by atoms with Gasteiger partial charge in [-0.2, -0.15) is 5.06 Å². The highest BCUT2D eigenvalue weighted by Gasteiger charge is 2.48. The number of rotatable bonds is 4. The van der Waals surface area contributed by atoms with Crippen LogP contribution in [0.15, 0.2) is 0 Å². The van der Waals surface area contributed by atoms with Gasteiger partial charge in [0.1, 0.15) is 0 Å². The van der Waals surface area contributed by atoms with Gasteiger partial charge in [-0.25, -0.2) is 0 Å². The van der Waals surface area contributed by atoms with Crippen molar-refractivity contribution >= 4 is 8.38 Å². The van der Waals surface area contributed by atoms with Crippen molar-refractivity contribution in [2.45, 2.75) is 115 Å². The zero-order chi connectivity index (χ0) is 20.1. The fourth-order valence-corrected chi connectivity index (χ4v) is 6.13. The van der Waals surface area contributed by atoms with Crippen LogP contribution >= 0.6 is 8.38 Å². The largest absolute Gasteiger partial charge is 0.331 e. The lowest BCUT2D eigenvalue weighted by Gasteiger charge is -2.52. The SMILES string of the molecule is CP(OC1CC(C)(C)N([O])C(C)(C)C1)OC1CC(C)(C)N(O)C(C)(C)C1. The van der Waals surface area contributed by atoms with Gasteiger partial charge in [0.05, 0.1) is 12.2 Å². The predicted molar refractivity (Wildman–Crippen MR) is 104 cm³/mol. The van der Waals surface area contributed by atoms with Gasteiger partial charge in [0.2, 0.25) is 0 Å². The van der Waals surface area contributed by atoms with Gasteiger partial charge in [0.25, 0.3) is 0 Å². The molecule has 2 saturated heterocycles. The first kappa shape index (κ1) is 22.5. The van der Waals surface area contributed by atoms with E-state index in [9.17, 15) is 10.4 Å². The number of nitrogens with zero attached hydrogens (tertiary/aromatic N) is 2. The van der Waals surface area contributed by atoms with Crippen molar-refractivity contribution in [3.63, 3.8) is 0 Å². The standard InChI is InChI=1S/C19H38N2O4P/c1-16(2)10-14(11-17(3,4)20(16)22)24-26(9)25-15-12-18(5,6)21(23)19(7,8)13-15/h14-15,22H,10-13H2,1-9H3. The molecule has 7 heteroatoms. The molecule has 0 aromatic carbocycles. The van der Waals surface area contributed by atoms with E-state index in [2.05, 4.69) is 0 Å². The highest BCUT2D eigenvalue weighted by molar-refractivity contribution is 7.46. The fraction of sp³-hybridized carbons (Fsp3) is 1.00. The molecule has 0 saturated carbocycles. The van der Waals surface area contributed by atoms with E-state index >= 15 is 0 Å². The molecule has 1 radical (unpaired) electrons. The van der Waals surface area contributed by atoms with Gasteiger partial charge < -0.3 is 14.3 Å². The molecule has 2 heterocycles. The van der Waals surface area contributed by atoms with E-state index < -0.39 is 19.5 Å². The Balaban J connectivity index is 1.98. The molecule has 2 aliphatic heterocycles. The fourth-order valence-electron chi connectivity index (χ4n) is 4.94. The Labute approximate surface area is 160 Å². The Hall–Kier alpha value is 0.190. The quantitative estimate of drug-likeness (QED) is 0.704. The summed E-state index contributed by atoms with van der Waals surface area (Å²) < 4.78 is 12.6. The Kier molecular flexibility index (Phi) is 6.24. The summed E-state index contributed by atoms with van der Waals surface area (Å²) in [6.07, 6.45) is 3.03. The van der Waals surface area contributed by atoms with Gasteiger partial charge in [-0.1, -0.05) is 0 Å². The summed E-state index contributed by atoms with van der Waals surface area (Å²) in [5.74, 6) is 0. The molecule has 1 atom stereocenters. The second-order valence-corrected chi connectivity index (χ2v) is 11.9. The summed E-state index contributed by atoms with van der Waals surface area (Å²) in [6, 6.07) is 0. The summed E-state index contributed by atoms with van der Waals surface area (Å²) in [5.41, 5.74) is -1.54. The first-order valence-corrected chi connectivity index (χ1v) is 11.2. The van der Waals surface area contributed by atoms with Gasteiger partial charge >= 0.3 is 0 Å². The van der Waals surface area contributed by atoms with Crippen LogP contribution in [0, 0.1) is 0 Å². The van der Waals surface area contributed by atoms with E-state index in [-0.39, 0.29) is 23.3 Å². The highest BCUT2D eigenvalue weighted by atomic mass is 31.2. The molecule has 0 aromatic rings. The van der Waals surface area contributed by atoms with E-state index in [1.54, 1.807) is 0 Å². The third kappa shape index (κ3) is 4.78. The third-order valence-corrected chi connectivity index (χ3v) is 6.94. The molecule has 6 nitrogen and oxygen atoms in total. The first-order chi connectivity index (χ1) is 11.6. The van der Waals surface area contributed by atoms with E-state index in [0.29, 0.717) is 12.8 Å². The molecule has 0 bridgehead atoms. The van der Waals surface area contributed by atoms with Crippen LogP contribution in [-0.2, 0) is 14.3 Å². The number of hydroxylamine groups is 4. The van der Waals surface area contributed by atoms with Crippen LogP contribution in [-0.4, -0.2) is 56.4 Å². The van der Waals surface area contributed by atoms with Crippen LogP contribution in [0.4, 0.5) is 0 Å². The van der Waals surface area contributed by atoms with Crippen LogP contribution < -0.4 is 0 Å². The van der Waals surface area contributed by atoms with Crippen LogP contribution in [0.5, 0.6) is 0 Å². The first-order valence-electron chi connectivity index (χ1n) is 9.61. The Morgan fingerprint density at radius 2 is 1.08 bits per heavy atom. The molecule has 2 rings (SSSR count). The van der Waals surface area contributed by atoms with Crippen molar-refractivity contribution in [3.05, 3.63) is 0 Å². The topological polar surface area (TPSA) is 65.1 Å². The molecule has 0 spiro atoms. The average molecular weight is 389 g/mol. The molecular formula is C19H38N2O4P. The number of hydrogen-bond donors (Lipinski definition) is 1. The van der Waals surface area contributed by atoms with Gasteiger partial charge in [-0.3, -0.25) is 0 Å². The minimum atomic E-state index is -1.04. The second-order valence-electron chi connectivity index (χ2n) is 10.6. The molecular weight excluding hydrogens is 351 g/mol. The molecule has 153 valence electrons. The Morgan fingerprint density at radius 1 is 0.769 bits per heavy atom. The molecule has 0 aromatic heterocycles. The van der Waals surface area contributed by atoms with Crippen molar-refractivity contribution in [2.24, 2.45) is 0 Å². The predicted octanol–water partition coefficient (Wildman–Crippen LogP) is 4.74. The lowest BCUT2D eigenvalue weighted by molar-refractivity contribution is -0.296. The van der Waals surface area contributed by atoms with E-state index in [4.69, 9.17) is 9.05 Å². The van der Waals surface area contributed by atoms with E-state index in [1.807, 2.05) is 62.1 Å². The van der Waals surface area contributed by atoms with Gasteiger partial charge in [0, 0.05) is 28.8 Å². The van der Waals surface area contributed by atoms with Crippen LogP contribution in [0.3, 0.4) is 0 Å². The molecule has 0 aliphatic carbocycles. The van der Waals surface area contributed by atoms with Crippen molar-refractivity contribution < 1.29 is 19.5 Å². The maximum absolute atomic E-state index is 12.5. The molecule has 2 aliphatic rings. The van der Waals surface area contributed by atoms with Crippen LogP contribution in [0.2, 0.25) is 0 Å². The number of piperidine rings is 2. The summed E-state index contributed by atoms with van der Waals surface area (Å²) >= 11 is 0. The van der Waals surface area contributed by atoms with Gasteiger partial charge in [-0.05, 0) is 81.1 Å². The monoisotopic (exact) mass is 389 g/mol. The summed E-state index contributed by atoms with van der Waals surface area (Å²) in [7, 11) is -1.04. The zero-order valence-electron chi connectivity index (χ0n) is 18.0. The Morgan fingerprint density at radius 3 is 1.42 bits per heavy atom. The Bertz CT molecular complexity index is 430. The van der Waals surface area contributed by atoms with Crippen molar-refractivity contribution in [1.82, 2.24) is 10.1 Å². The smallest absolute Gasteiger partial charge is 0.167 e. The minimum Gasteiger partial charge on any atom is -0.331 e. The maximum atomic E-state index is 12.5. The minimum absolute atomic E-state index is 0.0280. The van der Waals surface area contributed by atoms with Crippen LogP contribution in [0.1, 0.15) is 81.1 Å². The highest BCUT2D eigenvalue weighted by Crippen LogP contribution is 2.48. The van der Waals surface area contributed by atoms with E-state index in [1.165, 1.54) is 10.1 Å². The normalized spacial score (nSPS) is 30.0. The molecule has 2 fully saturated rings.